The van der Waals surface area contributed by atoms with Gasteiger partial charge in [-0.2, -0.15) is 0 Å². The molecule has 0 aromatic heterocycles. The van der Waals surface area contributed by atoms with Crippen molar-refractivity contribution in [2.24, 2.45) is 0 Å². The Morgan fingerprint density at radius 1 is 0.962 bits per heavy atom. The van der Waals surface area contributed by atoms with Gasteiger partial charge in [0.05, 0.1) is 33.3 Å². The molecule has 7 nitrogen and oxygen atoms in total. The van der Waals surface area contributed by atoms with E-state index in [2.05, 4.69) is 4.90 Å². The Kier molecular flexibility index (Phi) is 6.46. The molecule has 0 unspecified atom stereocenters. The summed E-state index contributed by atoms with van der Waals surface area (Å²) in [5, 5.41) is 0. The lowest BCUT2D eigenvalue weighted by Crippen LogP contribution is -2.53. The van der Waals surface area contributed by atoms with Crippen LogP contribution >= 0.6 is 0 Å². The van der Waals surface area contributed by atoms with E-state index in [-0.39, 0.29) is 11.8 Å². The molecule has 1 aromatic carbocycles. The Morgan fingerprint density at radius 2 is 1.58 bits per heavy atom. The van der Waals surface area contributed by atoms with Crippen molar-refractivity contribution in [3.05, 3.63) is 29.8 Å². The average Bonchev–Trinajstić information content (AvgIpc) is 2.69. The van der Waals surface area contributed by atoms with Crippen molar-refractivity contribution >= 4 is 11.8 Å². The maximum atomic E-state index is 12.6. The van der Waals surface area contributed by atoms with Gasteiger partial charge in [0.2, 0.25) is 11.8 Å². The number of hydrogen-bond acceptors (Lipinski definition) is 5. The maximum Gasteiger partial charge on any atom is 0.236 e. The number of piperazine rings is 1. The number of morpholine rings is 1. The molecule has 0 spiro atoms. The largest absolute Gasteiger partial charge is 0.496 e. The number of hydrogen-bond donors (Lipinski definition) is 0. The topological polar surface area (TPSA) is 62.3 Å². The first kappa shape index (κ1) is 18.7. The smallest absolute Gasteiger partial charge is 0.236 e. The predicted octanol–water partition coefficient (Wildman–Crippen LogP) is 0.241. The Labute approximate surface area is 154 Å². The number of carbonyl (C=O) groups is 2. The molecule has 2 heterocycles. The summed E-state index contributed by atoms with van der Waals surface area (Å²) in [4.78, 5) is 30.8. The van der Waals surface area contributed by atoms with Crippen LogP contribution in [0.3, 0.4) is 0 Å². The fraction of sp³-hybridized carbons (Fsp3) is 0.579. The SMILES string of the molecule is COc1ccccc1CC(=O)N1CCN(C(=O)CN2CCOCC2)CC1. The highest BCUT2D eigenvalue weighted by Crippen LogP contribution is 2.19. The molecule has 142 valence electrons. The lowest BCUT2D eigenvalue weighted by atomic mass is 10.1. The molecule has 2 aliphatic rings. The Balaban J connectivity index is 1.46. The van der Waals surface area contributed by atoms with E-state index in [9.17, 15) is 9.59 Å². The van der Waals surface area contributed by atoms with Crippen LogP contribution in [0.25, 0.3) is 0 Å². The molecule has 1 aromatic rings. The van der Waals surface area contributed by atoms with Crippen molar-refractivity contribution < 1.29 is 19.1 Å². The van der Waals surface area contributed by atoms with Crippen LogP contribution < -0.4 is 4.74 Å². The molecule has 0 radical (unpaired) electrons. The predicted molar refractivity (Wildman–Crippen MR) is 97.1 cm³/mol. The summed E-state index contributed by atoms with van der Waals surface area (Å²) in [7, 11) is 1.61. The first-order valence-corrected chi connectivity index (χ1v) is 9.15. The molecule has 0 N–H and O–H groups in total. The minimum atomic E-state index is 0.0785. The lowest BCUT2D eigenvalue weighted by molar-refractivity contribution is -0.140. The monoisotopic (exact) mass is 361 g/mol. The molecule has 26 heavy (non-hydrogen) atoms. The van der Waals surface area contributed by atoms with Crippen molar-refractivity contribution in [2.75, 3.05) is 66.1 Å². The van der Waals surface area contributed by atoms with Crippen LogP contribution in [0, 0.1) is 0 Å². The number of methoxy groups -OCH3 is 1. The van der Waals surface area contributed by atoms with Crippen LogP contribution in [0.1, 0.15) is 5.56 Å². The molecular weight excluding hydrogens is 334 g/mol. The summed E-state index contributed by atoms with van der Waals surface area (Å²) in [5.74, 6) is 0.957. The molecule has 0 atom stereocenters. The first-order chi connectivity index (χ1) is 12.7. The average molecular weight is 361 g/mol. The van der Waals surface area contributed by atoms with Gasteiger partial charge in [-0.25, -0.2) is 0 Å². The summed E-state index contributed by atoms with van der Waals surface area (Å²) in [6.07, 6.45) is 0.325. The van der Waals surface area contributed by atoms with Gasteiger partial charge in [-0.3, -0.25) is 14.5 Å². The number of amides is 2. The van der Waals surface area contributed by atoms with E-state index in [4.69, 9.17) is 9.47 Å². The Hall–Kier alpha value is -2.12. The molecule has 0 bridgehead atoms. The summed E-state index contributed by atoms with van der Waals surface area (Å²) >= 11 is 0. The summed E-state index contributed by atoms with van der Waals surface area (Å²) in [6, 6.07) is 7.59. The summed E-state index contributed by atoms with van der Waals surface area (Å²) in [6.45, 7) is 5.81. The van der Waals surface area contributed by atoms with Crippen LogP contribution in [0.15, 0.2) is 24.3 Å². The maximum absolute atomic E-state index is 12.6. The third-order valence-corrected chi connectivity index (χ3v) is 4.98. The van der Waals surface area contributed by atoms with Crippen molar-refractivity contribution in [1.82, 2.24) is 14.7 Å². The number of benzene rings is 1. The standard InChI is InChI=1S/C19H27N3O4/c1-25-17-5-3-2-4-16(17)14-18(23)21-6-8-22(9-7-21)19(24)15-20-10-12-26-13-11-20/h2-5H,6-15H2,1H3. The first-order valence-electron chi connectivity index (χ1n) is 9.15. The van der Waals surface area contributed by atoms with Gasteiger partial charge in [-0.15, -0.1) is 0 Å². The number of rotatable bonds is 5. The molecule has 2 amide bonds. The molecule has 2 fully saturated rings. The third-order valence-electron chi connectivity index (χ3n) is 4.98. The van der Waals surface area contributed by atoms with E-state index in [1.807, 2.05) is 34.1 Å². The highest BCUT2D eigenvalue weighted by atomic mass is 16.5. The second kappa shape index (κ2) is 9.00. The number of ether oxygens (including phenoxy) is 2. The third kappa shape index (κ3) is 4.74. The zero-order valence-electron chi connectivity index (χ0n) is 15.4. The molecule has 2 aliphatic heterocycles. The van der Waals surface area contributed by atoms with Crippen LogP contribution in [0.4, 0.5) is 0 Å². The minimum Gasteiger partial charge on any atom is -0.496 e. The van der Waals surface area contributed by atoms with E-state index in [1.54, 1.807) is 7.11 Å². The van der Waals surface area contributed by atoms with Crippen LogP contribution in [0.5, 0.6) is 5.75 Å². The lowest BCUT2D eigenvalue weighted by Gasteiger charge is -2.36. The van der Waals surface area contributed by atoms with Crippen molar-refractivity contribution in [2.45, 2.75) is 6.42 Å². The van der Waals surface area contributed by atoms with Crippen molar-refractivity contribution in [3.63, 3.8) is 0 Å². The molecule has 2 saturated heterocycles. The second-order valence-corrected chi connectivity index (χ2v) is 6.64. The highest BCUT2D eigenvalue weighted by molar-refractivity contribution is 5.81. The number of para-hydroxylation sites is 1. The van der Waals surface area contributed by atoms with Gasteiger partial charge in [0.25, 0.3) is 0 Å². The summed E-state index contributed by atoms with van der Waals surface area (Å²) in [5.41, 5.74) is 0.894. The molecule has 3 rings (SSSR count). The van der Waals surface area contributed by atoms with Gasteiger partial charge >= 0.3 is 0 Å². The highest BCUT2D eigenvalue weighted by Gasteiger charge is 2.26. The van der Waals surface area contributed by atoms with Gasteiger partial charge in [0.1, 0.15) is 5.75 Å². The van der Waals surface area contributed by atoms with Gasteiger partial charge < -0.3 is 19.3 Å². The van der Waals surface area contributed by atoms with Crippen LogP contribution in [-0.4, -0.2) is 92.7 Å². The second-order valence-electron chi connectivity index (χ2n) is 6.64. The van der Waals surface area contributed by atoms with Crippen molar-refractivity contribution in [3.8, 4) is 5.75 Å². The van der Waals surface area contributed by atoms with E-state index >= 15 is 0 Å². The Morgan fingerprint density at radius 3 is 2.23 bits per heavy atom. The quantitative estimate of drug-likeness (QED) is 0.752. The van der Waals surface area contributed by atoms with Gasteiger partial charge in [-0.05, 0) is 6.07 Å². The molecular formula is C19H27N3O4. The normalized spacial score (nSPS) is 18.7. The van der Waals surface area contributed by atoms with E-state index in [1.165, 1.54) is 0 Å². The minimum absolute atomic E-state index is 0.0785. The molecule has 0 aliphatic carbocycles. The molecule has 7 heteroatoms. The van der Waals surface area contributed by atoms with E-state index in [0.717, 1.165) is 24.4 Å². The Bertz CT molecular complexity index is 623. The fourth-order valence-corrected chi connectivity index (χ4v) is 3.38. The fourth-order valence-electron chi connectivity index (χ4n) is 3.38. The number of carbonyl (C=O) groups excluding carboxylic acids is 2. The van der Waals surface area contributed by atoms with Gasteiger partial charge in [0, 0.05) is 44.8 Å². The summed E-state index contributed by atoms with van der Waals surface area (Å²) < 4.78 is 10.6. The molecule has 0 saturated carbocycles. The number of nitrogens with zero attached hydrogens (tertiary/aromatic N) is 3. The zero-order chi connectivity index (χ0) is 18.4. The van der Waals surface area contributed by atoms with Crippen LogP contribution in [0.2, 0.25) is 0 Å². The van der Waals surface area contributed by atoms with E-state index < -0.39 is 0 Å². The van der Waals surface area contributed by atoms with Crippen molar-refractivity contribution in [1.29, 1.82) is 0 Å². The zero-order valence-corrected chi connectivity index (χ0v) is 15.4. The van der Waals surface area contributed by atoms with E-state index in [0.29, 0.717) is 52.4 Å². The van der Waals surface area contributed by atoms with Gasteiger partial charge in [0.15, 0.2) is 0 Å². The van der Waals surface area contributed by atoms with Gasteiger partial charge in [-0.1, -0.05) is 18.2 Å². The van der Waals surface area contributed by atoms with Crippen LogP contribution in [-0.2, 0) is 20.7 Å².